The molecule has 1 aliphatic heterocycles. The van der Waals surface area contributed by atoms with Crippen molar-refractivity contribution in [2.75, 3.05) is 0 Å². The van der Waals surface area contributed by atoms with Crippen LogP contribution < -0.4 is 0 Å². The topological polar surface area (TPSA) is 49.8 Å². The number of carbonyl (C=O) groups is 1. The largest absolute Gasteiger partial charge is 0.387 e. The monoisotopic (exact) mass is 128 g/mol. The molecule has 1 saturated heterocycles. The first kappa shape index (κ1) is 5.38. The van der Waals surface area contributed by atoms with E-state index in [1.54, 1.807) is 6.92 Å². The lowest BCUT2D eigenvalue weighted by atomic mass is 10.1. The third kappa shape index (κ3) is 0.559. The zero-order chi connectivity index (χ0) is 6.65. The van der Waals surface area contributed by atoms with Crippen LogP contribution >= 0.6 is 0 Å². The van der Waals surface area contributed by atoms with Gasteiger partial charge in [0.05, 0.1) is 5.60 Å². The van der Waals surface area contributed by atoms with E-state index in [1.165, 1.54) is 0 Å². The maximum atomic E-state index is 10.7. The van der Waals surface area contributed by atoms with Crippen LogP contribution in [0.1, 0.15) is 13.3 Å². The Balaban J connectivity index is 2.26. The van der Waals surface area contributed by atoms with Gasteiger partial charge in [-0.3, -0.25) is 4.79 Å². The Labute approximate surface area is 52.6 Å². The van der Waals surface area contributed by atoms with Crippen LogP contribution in [0.15, 0.2) is 0 Å². The Morgan fingerprint density at radius 2 is 2.56 bits per heavy atom. The van der Waals surface area contributed by atoms with Crippen LogP contribution in [0.3, 0.4) is 0 Å². The number of aliphatic hydroxyl groups is 1. The maximum Gasteiger partial charge on any atom is 0.167 e. The number of epoxide rings is 1. The molecule has 1 aliphatic carbocycles. The van der Waals surface area contributed by atoms with E-state index >= 15 is 0 Å². The van der Waals surface area contributed by atoms with Crippen molar-refractivity contribution < 1.29 is 14.6 Å². The molecule has 1 N–H and O–H groups in total. The van der Waals surface area contributed by atoms with Gasteiger partial charge in [0.15, 0.2) is 5.78 Å². The molecule has 3 unspecified atom stereocenters. The van der Waals surface area contributed by atoms with Crippen molar-refractivity contribution in [3.8, 4) is 0 Å². The molecule has 1 saturated carbocycles. The molecule has 3 atom stereocenters. The highest BCUT2D eigenvalue weighted by Gasteiger charge is 2.62. The standard InChI is InChI=1S/C6H8O3/c1-6(8)2-3(7)4-5(6)9-4/h4-5,8H,2H2,1H3. The minimum absolute atomic E-state index is 0.0463. The number of Topliss-reactive ketones (excluding diaryl/α,β-unsaturated/α-hetero) is 1. The van der Waals surface area contributed by atoms with Gasteiger partial charge in [0.1, 0.15) is 12.2 Å². The molecule has 3 nitrogen and oxygen atoms in total. The summed E-state index contributed by atoms with van der Waals surface area (Å²) < 4.78 is 4.88. The highest BCUT2D eigenvalue weighted by atomic mass is 16.6. The molecule has 2 aliphatic rings. The number of ether oxygens (including phenoxy) is 1. The summed E-state index contributed by atoms with van der Waals surface area (Å²) >= 11 is 0. The zero-order valence-electron chi connectivity index (χ0n) is 5.13. The van der Waals surface area contributed by atoms with Crippen molar-refractivity contribution in [2.45, 2.75) is 31.2 Å². The van der Waals surface area contributed by atoms with Crippen LogP contribution in [0.4, 0.5) is 0 Å². The van der Waals surface area contributed by atoms with Gasteiger partial charge in [-0.1, -0.05) is 0 Å². The molecule has 1 heterocycles. The molecule has 9 heavy (non-hydrogen) atoms. The SMILES string of the molecule is CC1(O)CC(=O)C2OC21. The van der Waals surface area contributed by atoms with Crippen molar-refractivity contribution in [2.24, 2.45) is 0 Å². The Bertz CT molecular complexity index is 173. The lowest BCUT2D eigenvalue weighted by Gasteiger charge is -2.13. The Morgan fingerprint density at radius 3 is 2.67 bits per heavy atom. The second-order valence-corrected chi connectivity index (χ2v) is 2.98. The quantitative estimate of drug-likeness (QED) is 0.446. The molecule has 2 rings (SSSR count). The lowest BCUT2D eigenvalue weighted by molar-refractivity contribution is -0.123. The van der Waals surface area contributed by atoms with Gasteiger partial charge in [0, 0.05) is 6.42 Å². The smallest absolute Gasteiger partial charge is 0.167 e. The molecule has 0 radical (unpaired) electrons. The second-order valence-electron chi connectivity index (χ2n) is 2.98. The van der Waals surface area contributed by atoms with Gasteiger partial charge in [-0.25, -0.2) is 0 Å². The van der Waals surface area contributed by atoms with E-state index in [9.17, 15) is 9.90 Å². The summed E-state index contributed by atoms with van der Waals surface area (Å²) in [6.07, 6.45) is -0.188. The minimum Gasteiger partial charge on any atom is -0.387 e. The molecule has 3 heteroatoms. The van der Waals surface area contributed by atoms with E-state index in [2.05, 4.69) is 0 Å². The summed E-state index contributed by atoms with van der Waals surface area (Å²) in [5, 5.41) is 9.33. The Hall–Kier alpha value is -0.410. The van der Waals surface area contributed by atoms with Crippen molar-refractivity contribution >= 4 is 5.78 Å². The van der Waals surface area contributed by atoms with Gasteiger partial charge in [-0.2, -0.15) is 0 Å². The summed E-state index contributed by atoms with van der Waals surface area (Å²) in [5.74, 6) is 0.0463. The van der Waals surface area contributed by atoms with Gasteiger partial charge in [0.25, 0.3) is 0 Å². The van der Waals surface area contributed by atoms with Crippen molar-refractivity contribution in [3.63, 3.8) is 0 Å². The number of hydrogen-bond donors (Lipinski definition) is 1. The molecule has 2 fully saturated rings. The summed E-state index contributed by atoms with van der Waals surface area (Å²) in [6.45, 7) is 1.64. The van der Waals surface area contributed by atoms with Gasteiger partial charge < -0.3 is 9.84 Å². The van der Waals surface area contributed by atoms with Crippen molar-refractivity contribution in [3.05, 3.63) is 0 Å². The van der Waals surface area contributed by atoms with Crippen LogP contribution in [-0.4, -0.2) is 28.7 Å². The first-order valence-corrected chi connectivity index (χ1v) is 3.02. The zero-order valence-corrected chi connectivity index (χ0v) is 5.13. The fourth-order valence-corrected chi connectivity index (χ4v) is 1.38. The number of ketones is 1. The number of rotatable bonds is 0. The average molecular weight is 128 g/mol. The van der Waals surface area contributed by atoms with Crippen molar-refractivity contribution in [1.82, 2.24) is 0 Å². The lowest BCUT2D eigenvalue weighted by Crippen LogP contribution is -2.28. The average Bonchev–Trinajstić information content (AvgIpc) is 2.33. The molecule has 0 bridgehead atoms. The first-order chi connectivity index (χ1) is 4.11. The summed E-state index contributed by atoms with van der Waals surface area (Å²) in [7, 11) is 0. The normalized spacial score (nSPS) is 55.6. The molecule has 0 spiro atoms. The summed E-state index contributed by atoms with van der Waals surface area (Å²) in [5.41, 5.74) is -0.873. The summed E-state index contributed by atoms with van der Waals surface area (Å²) in [6, 6.07) is 0. The van der Waals surface area contributed by atoms with E-state index < -0.39 is 5.60 Å². The Morgan fingerprint density at radius 1 is 1.89 bits per heavy atom. The predicted molar refractivity (Wildman–Crippen MR) is 28.9 cm³/mol. The summed E-state index contributed by atoms with van der Waals surface area (Å²) in [4.78, 5) is 10.7. The van der Waals surface area contributed by atoms with Crippen molar-refractivity contribution in [1.29, 1.82) is 0 Å². The molecule has 0 aromatic rings. The van der Waals surface area contributed by atoms with E-state index in [-0.39, 0.29) is 24.4 Å². The molecule has 0 aromatic heterocycles. The Kier molecular flexibility index (Phi) is 0.716. The molecule has 0 aromatic carbocycles. The van der Waals surface area contributed by atoms with Gasteiger partial charge in [0.2, 0.25) is 0 Å². The fourth-order valence-electron chi connectivity index (χ4n) is 1.38. The van der Waals surface area contributed by atoms with E-state index in [4.69, 9.17) is 4.74 Å². The highest BCUT2D eigenvalue weighted by molar-refractivity contribution is 5.90. The molecule has 0 amide bonds. The number of fused-ring (bicyclic) bond motifs is 1. The van der Waals surface area contributed by atoms with E-state index in [0.717, 1.165) is 0 Å². The third-order valence-electron chi connectivity index (χ3n) is 1.95. The van der Waals surface area contributed by atoms with Crippen LogP contribution in [-0.2, 0) is 9.53 Å². The molecular formula is C6H8O3. The van der Waals surface area contributed by atoms with Crippen LogP contribution in [0.25, 0.3) is 0 Å². The number of carbonyl (C=O) groups excluding carboxylic acids is 1. The van der Waals surface area contributed by atoms with E-state index in [1.807, 2.05) is 0 Å². The van der Waals surface area contributed by atoms with E-state index in [0.29, 0.717) is 0 Å². The number of hydrogen-bond acceptors (Lipinski definition) is 3. The highest BCUT2D eigenvalue weighted by Crippen LogP contribution is 2.42. The minimum atomic E-state index is -0.873. The predicted octanol–water partition coefficient (Wildman–Crippen LogP) is -0.522. The third-order valence-corrected chi connectivity index (χ3v) is 1.95. The van der Waals surface area contributed by atoms with Gasteiger partial charge in [-0.05, 0) is 6.92 Å². The first-order valence-electron chi connectivity index (χ1n) is 3.02. The maximum absolute atomic E-state index is 10.7. The van der Waals surface area contributed by atoms with Gasteiger partial charge in [-0.15, -0.1) is 0 Å². The molecular weight excluding hydrogens is 120 g/mol. The second kappa shape index (κ2) is 1.20. The fraction of sp³-hybridized carbons (Fsp3) is 0.833. The van der Waals surface area contributed by atoms with Gasteiger partial charge >= 0.3 is 0 Å². The van der Waals surface area contributed by atoms with Crippen LogP contribution in [0.5, 0.6) is 0 Å². The van der Waals surface area contributed by atoms with Crippen LogP contribution in [0.2, 0.25) is 0 Å². The molecule has 50 valence electrons. The van der Waals surface area contributed by atoms with Crippen LogP contribution in [0, 0.1) is 0 Å².